The van der Waals surface area contributed by atoms with Crippen molar-refractivity contribution >= 4 is 33.4 Å². The zero-order chi connectivity index (χ0) is 29.5. The summed E-state index contributed by atoms with van der Waals surface area (Å²) >= 11 is 3.13. The number of ether oxygens (including phenoxy) is 1. The number of hydrogen-bond acceptors (Lipinski definition) is 4. The molecule has 3 saturated carbocycles. The van der Waals surface area contributed by atoms with Crippen molar-refractivity contribution in [3.05, 3.63) is 70.2 Å². The quantitative estimate of drug-likeness (QED) is 0.258. The van der Waals surface area contributed by atoms with Crippen LogP contribution in [-0.4, -0.2) is 28.6 Å². The second-order valence-electron chi connectivity index (χ2n) is 11.3. The molecule has 2 bridgehead atoms. The monoisotopic (exact) mass is 638 g/mol. The van der Waals surface area contributed by atoms with Crippen molar-refractivity contribution < 1.29 is 37.0 Å². The lowest BCUT2D eigenvalue weighted by molar-refractivity contribution is -0.140. The summed E-state index contributed by atoms with van der Waals surface area (Å²) < 4.78 is 61.4. The molecule has 0 spiro atoms. The molecule has 41 heavy (non-hydrogen) atoms. The van der Waals surface area contributed by atoms with Crippen molar-refractivity contribution in [1.82, 2.24) is 0 Å². The fraction of sp³-hybridized carbons (Fsp3) is 0.467. The van der Waals surface area contributed by atoms with Crippen LogP contribution < -0.4 is 15.4 Å². The van der Waals surface area contributed by atoms with Gasteiger partial charge >= 0.3 is 6.18 Å². The minimum Gasteiger partial charge on any atom is -0.464 e. The first-order valence-electron chi connectivity index (χ1n) is 13.7. The Labute approximate surface area is 243 Å². The summed E-state index contributed by atoms with van der Waals surface area (Å²) in [6, 6.07) is 7.54. The molecule has 0 saturated heterocycles. The van der Waals surface area contributed by atoms with Gasteiger partial charge in [-0.2, -0.15) is 13.2 Å². The van der Waals surface area contributed by atoms with Crippen LogP contribution in [0.25, 0.3) is 0 Å². The number of primary amides is 1. The summed E-state index contributed by atoms with van der Waals surface area (Å²) in [5, 5.41) is 10.7. The summed E-state index contributed by atoms with van der Waals surface area (Å²) in [5.74, 6) is -3.29. The van der Waals surface area contributed by atoms with E-state index in [2.05, 4.69) is 15.9 Å². The molecule has 3 N–H and O–H groups in total. The Kier molecular flexibility index (Phi) is 8.22. The van der Waals surface area contributed by atoms with Crippen LogP contribution in [0.15, 0.2) is 47.6 Å². The fourth-order valence-electron chi connectivity index (χ4n) is 7.12. The highest BCUT2D eigenvalue weighted by Gasteiger charge is 2.57. The van der Waals surface area contributed by atoms with Crippen LogP contribution in [-0.2, 0) is 11.0 Å². The predicted molar refractivity (Wildman–Crippen MR) is 148 cm³/mol. The third-order valence-electron chi connectivity index (χ3n) is 8.99. The molecule has 0 aromatic heterocycles. The van der Waals surface area contributed by atoms with E-state index in [1.54, 1.807) is 18.2 Å². The third-order valence-corrected chi connectivity index (χ3v) is 9.20. The average molecular weight is 639 g/mol. The lowest BCUT2D eigenvalue weighted by Gasteiger charge is -2.41. The minimum atomic E-state index is -4.98. The number of aliphatic hydroxyl groups excluding tert-OH is 1. The van der Waals surface area contributed by atoms with Crippen molar-refractivity contribution in [3.63, 3.8) is 0 Å². The van der Waals surface area contributed by atoms with Crippen LogP contribution >= 0.6 is 15.9 Å². The molecule has 11 heteroatoms. The number of benzene rings is 2. The van der Waals surface area contributed by atoms with Crippen LogP contribution in [0.5, 0.6) is 5.75 Å². The number of rotatable bonds is 7. The Balaban J connectivity index is 1.66. The Morgan fingerprint density at radius 1 is 1.10 bits per heavy atom. The number of carbonyl (C=O) groups is 2. The number of halogens is 5. The number of fused-ring (bicyclic) bond motifs is 2. The molecule has 5 unspecified atom stereocenters. The molecule has 3 fully saturated rings. The van der Waals surface area contributed by atoms with Gasteiger partial charge in [0.05, 0.1) is 23.5 Å². The Morgan fingerprint density at radius 3 is 2.51 bits per heavy atom. The zero-order valence-electron chi connectivity index (χ0n) is 22.2. The SMILES string of the molecule is NC(=O)C1CC2(N(C(=O)c3cc(C4CCCCC4O)ccc3O/C=C\Br)c3ccc(F)c(C(F)(F)F)c3)CCC1C2. The molecule has 2 aromatic carbocycles. The van der Waals surface area contributed by atoms with Gasteiger partial charge in [0.2, 0.25) is 5.91 Å². The molecule has 0 heterocycles. The van der Waals surface area contributed by atoms with Crippen molar-refractivity contribution in [2.45, 2.75) is 75.1 Å². The van der Waals surface area contributed by atoms with Gasteiger partial charge in [-0.1, -0.05) is 34.8 Å². The molecule has 5 atom stereocenters. The Morgan fingerprint density at radius 2 is 1.85 bits per heavy atom. The van der Waals surface area contributed by atoms with Gasteiger partial charge in [-0.25, -0.2) is 4.39 Å². The number of anilines is 1. The second-order valence-corrected chi connectivity index (χ2v) is 11.9. The lowest BCUT2D eigenvalue weighted by Crippen LogP contribution is -2.51. The first-order valence-corrected chi connectivity index (χ1v) is 14.6. The standard InChI is InChI=1S/C30H31BrF4N2O4/c31-11-12-41-26-8-5-17(20-3-1-2-4-25(20)38)13-21(26)28(40)37(19-6-7-24(32)23(14-19)30(33,34)35)29-10-9-18(15-29)22(16-29)27(36)39/h5-8,11-14,18,20,22,25,38H,1-4,9-10,15-16H2,(H2,36,39)/b12-11-. The third kappa shape index (κ3) is 5.62. The van der Waals surface area contributed by atoms with Crippen LogP contribution in [0.1, 0.15) is 78.8 Å². The van der Waals surface area contributed by atoms with Gasteiger partial charge in [-0.15, -0.1) is 0 Å². The molecule has 6 nitrogen and oxygen atoms in total. The topological polar surface area (TPSA) is 92.9 Å². The van der Waals surface area contributed by atoms with E-state index < -0.39 is 46.9 Å². The molecule has 3 aliphatic rings. The number of nitrogens with two attached hydrogens (primary N) is 1. The molecule has 2 amide bonds. The summed E-state index contributed by atoms with van der Waals surface area (Å²) in [6.45, 7) is 0. The second kappa shape index (κ2) is 11.4. The summed E-state index contributed by atoms with van der Waals surface area (Å²) in [4.78, 5) is 29.6. The fourth-order valence-corrected chi connectivity index (χ4v) is 7.23. The van der Waals surface area contributed by atoms with Crippen molar-refractivity contribution in [2.75, 3.05) is 4.90 Å². The predicted octanol–water partition coefficient (Wildman–Crippen LogP) is 6.80. The van der Waals surface area contributed by atoms with Crippen LogP contribution in [0.2, 0.25) is 0 Å². The molecular weight excluding hydrogens is 608 g/mol. The van der Waals surface area contributed by atoms with Crippen molar-refractivity contribution in [1.29, 1.82) is 0 Å². The number of alkyl halides is 3. The van der Waals surface area contributed by atoms with E-state index in [1.165, 1.54) is 16.1 Å². The first-order chi connectivity index (χ1) is 19.4. The summed E-state index contributed by atoms with van der Waals surface area (Å²) in [5.41, 5.74) is 3.87. The number of carbonyl (C=O) groups excluding carboxylic acids is 2. The molecule has 220 valence electrons. The maximum atomic E-state index is 14.6. The van der Waals surface area contributed by atoms with E-state index in [1.807, 2.05) is 0 Å². The van der Waals surface area contributed by atoms with Crippen molar-refractivity contribution in [3.8, 4) is 5.75 Å². The molecule has 3 aliphatic carbocycles. The van der Waals surface area contributed by atoms with Crippen LogP contribution in [0.3, 0.4) is 0 Å². The van der Waals surface area contributed by atoms with E-state index in [0.717, 1.165) is 25.3 Å². The van der Waals surface area contributed by atoms with E-state index in [-0.39, 0.29) is 35.3 Å². The van der Waals surface area contributed by atoms with Gasteiger partial charge < -0.3 is 20.5 Å². The molecule has 0 radical (unpaired) electrons. The van der Waals surface area contributed by atoms with Gasteiger partial charge in [-0.3, -0.25) is 9.59 Å². The number of amides is 2. The largest absolute Gasteiger partial charge is 0.464 e. The zero-order valence-corrected chi connectivity index (χ0v) is 23.8. The van der Waals surface area contributed by atoms with Gasteiger partial charge in [0.25, 0.3) is 5.91 Å². The van der Waals surface area contributed by atoms with Crippen molar-refractivity contribution in [2.24, 2.45) is 17.6 Å². The van der Waals surface area contributed by atoms with Gasteiger partial charge in [0.15, 0.2) is 0 Å². The molecule has 5 rings (SSSR count). The molecule has 0 aliphatic heterocycles. The van der Waals surface area contributed by atoms with Gasteiger partial charge in [0, 0.05) is 28.0 Å². The highest BCUT2D eigenvalue weighted by atomic mass is 79.9. The van der Waals surface area contributed by atoms with E-state index >= 15 is 0 Å². The van der Waals surface area contributed by atoms with E-state index in [4.69, 9.17) is 10.5 Å². The number of hydrogen-bond donors (Lipinski definition) is 2. The minimum absolute atomic E-state index is 0.0871. The molecule has 2 aromatic rings. The first kappa shape index (κ1) is 29.6. The average Bonchev–Trinajstić information content (AvgIpc) is 3.52. The number of nitrogens with zero attached hydrogens (tertiary/aromatic N) is 1. The van der Waals surface area contributed by atoms with Crippen LogP contribution in [0, 0.1) is 17.7 Å². The van der Waals surface area contributed by atoms with E-state index in [0.29, 0.717) is 43.4 Å². The van der Waals surface area contributed by atoms with E-state index in [9.17, 15) is 32.3 Å². The maximum absolute atomic E-state index is 14.6. The smallest absolute Gasteiger partial charge is 0.419 e. The van der Waals surface area contributed by atoms with Gasteiger partial charge in [-0.05, 0) is 80.3 Å². The highest BCUT2D eigenvalue weighted by molar-refractivity contribution is 9.11. The summed E-state index contributed by atoms with van der Waals surface area (Å²) in [6.07, 6.45) is 0.484. The maximum Gasteiger partial charge on any atom is 0.419 e. The summed E-state index contributed by atoms with van der Waals surface area (Å²) in [7, 11) is 0. The molecular formula is C30H31BrF4N2O4. The highest BCUT2D eigenvalue weighted by Crippen LogP contribution is 2.56. The normalized spacial score (nSPS) is 27.8. The Bertz CT molecular complexity index is 1370. The van der Waals surface area contributed by atoms with Gasteiger partial charge in [0.1, 0.15) is 11.6 Å². The number of aliphatic hydroxyl groups is 1. The van der Waals surface area contributed by atoms with Crippen LogP contribution in [0.4, 0.5) is 23.2 Å². The lowest BCUT2D eigenvalue weighted by atomic mass is 9.81. The Hall–Kier alpha value is -2.92.